The van der Waals surface area contributed by atoms with E-state index in [4.69, 9.17) is 0 Å². The van der Waals surface area contributed by atoms with Crippen molar-refractivity contribution in [2.24, 2.45) is 5.92 Å². The first-order valence-electron chi connectivity index (χ1n) is 9.13. The number of nitrogens with one attached hydrogen (secondary N) is 3. The number of hydrogen-bond acceptors (Lipinski definition) is 8. The number of carbonyl (C=O) groups is 2. The molecule has 2 amide bonds. The summed E-state index contributed by atoms with van der Waals surface area (Å²) in [6.45, 7) is 7.65. The van der Waals surface area contributed by atoms with Crippen molar-refractivity contribution < 1.29 is 9.59 Å². The highest BCUT2D eigenvalue weighted by atomic mass is 32.1. The van der Waals surface area contributed by atoms with Gasteiger partial charge in [-0.2, -0.15) is 0 Å². The van der Waals surface area contributed by atoms with Gasteiger partial charge in [0.15, 0.2) is 16.8 Å². The lowest BCUT2D eigenvalue weighted by Gasteiger charge is -2.30. The lowest BCUT2D eigenvalue weighted by atomic mass is 9.97. The molecule has 2 aromatic rings. The van der Waals surface area contributed by atoms with E-state index in [1.165, 1.54) is 16.2 Å². The summed E-state index contributed by atoms with van der Waals surface area (Å²) >= 11 is 1.25. The van der Waals surface area contributed by atoms with E-state index in [1.807, 2.05) is 13.8 Å². The third-order valence-electron chi connectivity index (χ3n) is 4.68. The molecule has 2 unspecified atom stereocenters. The van der Waals surface area contributed by atoms with E-state index < -0.39 is 0 Å². The van der Waals surface area contributed by atoms with E-state index in [9.17, 15) is 9.59 Å². The highest BCUT2D eigenvalue weighted by Gasteiger charge is 2.32. The van der Waals surface area contributed by atoms with E-state index in [-0.39, 0.29) is 23.8 Å². The molecule has 3 N–H and O–H groups in total. The summed E-state index contributed by atoms with van der Waals surface area (Å²) in [6.07, 6.45) is 0.872. The van der Waals surface area contributed by atoms with Crippen LogP contribution >= 0.6 is 11.3 Å². The summed E-state index contributed by atoms with van der Waals surface area (Å²) < 4.78 is 0. The van der Waals surface area contributed by atoms with Crippen molar-refractivity contribution in [2.75, 3.05) is 30.0 Å². The standard InChI is InChI=1S/C18H25N7O2S/c1-7-8(2)11-16(26)23-12-14(22-11)20-10(4)21-15(12)24-18-19-9(3)13(28-18)17(27)25(5)6/h8,11H,7H2,1-6H3,(H,23,26)(H2,19,20,21,22,24). The molecule has 3 rings (SSSR count). The minimum Gasteiger partial charge on any atom is -0.356 e. The molecule has 28 heavy (non-hydrogen) atoms. The van der Waals surface area contributed by atoms with Crippen molar-refractivity contribution in [2.45, 2.75) is 40.2 Å². The SMILES string of the molecule is CCC(C)C1Nc2nc(C)nc(Nc3nc(C)c(C(=O)N(C)C)s3)c2NC1=O. The van der Waals surface area contributed by atoms with Crippen molar-refractivity contribution in [3.8, 4) is 0 Å². The first-order valence-corrected chi connectivity index (χ1v) is 9.95. The molecule has 1 aliphatic heterocycles. The van der Waals surface area contributed by atoms with Crippen molar-refractivity contribution in [1.29, 1.82) is 0 Å². The molecule has 0 fully saturated rings. The van der Waals surface area contributed by atoms with E-state index in [2.05, 4.69) is 30.9 Å². The predicted octanol–water partition coefficient (Wildman–Crippen LogP) is 2.77. The molecule has 150 valence electrons. The average Bonchev–Trinajstić information content (AvgIpc) is 3.00. The zero-order chi connectivity index (χ0) is 20.6. The van der Waals surface area contributed by atoms with Gasteiger partial charge in [0.1, 0.15) is 22.4 Å². The maximum atomic E-state index is 12.5. The van der Waals surface area contributed by atoms with Gasteiger partial charge in [0.05, 0.1) is 5.69 Å². The molecule has 0 radical (unpaired) electrons. The Morgan fingerprint density at radius 3 is 2.64 bits per heavy atom. The number of fused-ring (bicyclic) bond motifs is 1. The average molecular weight is 404 g/mol. The number of hydrogen-bond donors (Lipinski definition) is 3. The van der Waals surface area contributed by atoms with Crippen molar-refractivity contribution in [3.05, 3.63) is 16.4 Å². The molecular formula is C18H25N7O2S. The topological polar surface area (TPSA) is 112 Å². The number of aryl methyl sites for hydroxylation is 2. The number of rotatable bonds is 5. The maximum absolute atomic E-state index is 12.5. The number of anilines is 4. The Balaban J connectivity index is 1.93. The third kappa shape index (κ3) is 3.77. The second kappa shape index (κ2) is 7.70. The van der Waals surface area contributed by atoms with E-state index in [1.54, 1.807) is 27.9 Å². The van der Waals surface area contributed by atoms with Crippen LogP contribution in [0, 0.1) is 19.8 Å². The molecule has 0 aliphatic carbocycles. The fraction of sp³-hybridized carbons (Fsp3) is 0.500. The summed E-state index contributed by atoms with van der Waals surface area (Å²) in [6, 6.07) is -0.342. The van der Waals surface area contributed by atoms with Gasteiger partial charge in [-0.3, -0.25) is 9.59 Å². The Labute approximate surface area is 168 Å². The summed E-state index contributed by atoms with van der Waals surface area (Å²) in [5, 5.41) is 9.82. The Hall–Kier alpha value is -2.75. The zero-order valence-electron chi connectivity index (χ0n) is 16.9. The predicted molar refractivity (Wildman–Crippen MR) is 110 cm³/mol. The van der Waals surface area contributed by atoms with Gasteiger partial charge in [-0.1, -0.05) is 31.6 Å². The Bertz CT molecular complexity index is 925. The quantitative estimate of drug-likeness (QED) is 0.704. The second-order valence-corrected chi connectivity index (χ2v) is 8.10. The van der Waals surface area contributed by atoms with Crippen LogP contribution in [0.1, 0.15) is 41.5 Å². The molecule has 2 atom stereocenters. The summed E-state index contributed by atoms with van der Waals surface area (Å²) in [7, 11) is 3.40. The first-order chi connectivity index (χ1) is 13.2. The summed E-state index contributed by atoms with van der Waals surface area (Å²) in [5.74, 6) is 1.54. The fourth-order valence-corrected chi connectivity index (χ4v) is 3.88. The lowest BCUT2D eigenvalue weighted by Crippen LogP contribution is -2.43. The fourth-order valence-electron chi connectivity index (χ4n) is 2.89. The number of carbonyl (C=O) groups excluding carboxylic acids is 2. The van der Waals surface area contributed by atoms with Crippen LogP contribution in [0.2, 0.25) is 0 Å². The monoisotopic (exact) mass is 403 g/mol. The molecule has 0 bridgehead atoms. The van der Waals surface area contributed by atoms with Gasteiger partial charge >= 0.3 is 0 Å². The highest BCUT2D eigenvalue weighted by Crippen LogP contribution is 2.36. The normalized spacial score (nSPS) is 16.6. The van der Waals surface area contributed by atoms with E-state index >= 15 is 0 Å². The van der Waals surface area contributed by atoms with Crippen LogP contribution in [0.5, 0.6) is 0 Å². The van der Waals surface area contributed by atoms with Gasteiger partial charge in [0, 0.05) is 14.1 Å². The van der Waals surface area contributed by atoms with Crippen LogP contribution in [-0.4, -0.2) is 51.8 Å². The molecule has 10 heteroatoms. The molecule has 0 saturated carbocycles. The van der Waals surface area contributed by atoms with Crippen LogP contribution in [0.3, 0.4) is 0 Å². The van der Waals surface area contributed by atoms with Crippen LogP contribution in [0.15, 0.2) is 0 Å². The molecule has 3 heterocycles. The molecule has 9 nitrogen and oxygen atoms in total. The second-order valence-electron chi connectivity index (χ2n) is 7.10. The molecule has 0 spiro atoms. The lowest BCUT2D eigenvalue weighted by molar-refractivity contribution is -0.118. The summed E-state index contributed by atoms with van der Waals surface area (Å²) in [4.78, 5) is 40.2. The maximum Gasteiger partial charge on any atom is 0.265 e. The number of nitrogens with zero attached hydrogens (tertiary/aromatic N) is 4. The minimum absolute atomic E-state index is 0.102. The van der Waals surface area contributed by atoms with Gasteiger partial charge in [0.2, 0.25) is 5.91 Å². The molecule has 0 aromatic carbocycles. The Kier molecular flexibility index (Phi) is 5.50. The van der Waals surface area contributed by atoms with Crippen LogP contribution < -0.4 is 16.0 Å². The van der Waals surface area contributed by atoms with Gasteiger partial charge in [-0.05, 0) is 19.8 Å². The Morgan fingerprint density at radius 1 is 1.29 bits per heavy atom. The number of aromatic nitrogens is 3. The van der Waals surface area contributed by atoms with Gasteiger partial charge < -0.3 is 20.9 Å². The minimum atomic E-state index is -0.342. The molecule has 0 saturated heterocycles. The van der Waals surface area contributed by atoms with Gasteiger partial charge in [-0.25, -0.2) is 15.0 Å². The van der Waals surface area contributed by atoms with Crippen LogP contribution in [0.25, 0.3) is 0 Å². The Morgan fingerprint density at radius 2 is 2.00 bits per heavy atom. The summed E-state index contributed by atoms with van der Waals surface area (Å²) in [5.41, 5.74) is 1.13. The zero-order valence-corrected chi connectivity index (χ0v) is 17.7. The molecule has 2 aromatic heterocycles. The highest BCUT2D eigenvalue weighted by molar-refractivity contribution is 7.17. The van der Waals surface area contributed by atoms with Crippen molar-refractivity contribution in [3.63, 3.8) is 0 Å². The van der Waals surface area contributed by atoms with Crippen molar-refractivity contribution >= 4 is 45.6 Å². The number of amides is 2. The van der Waals surface area contributed by atoms with Crippen LogP contribution in [-0.2, 0) is 4.79 Å². The molecular weight excluding hydrogens is 378 g/mol. The van der Waals surface area contributed by atoms with Crippen molar-refractivity contribution in [1.82, 2.24) is 19.9 Å². The van der Waals surface area contributed by atoms with E-state index in [0.717, 1.165) is 6.42 Å². The third-order valence-corrected chi connectivity index (χ3v) is 5.74. The molecule has 1 aliphatic rings. The van der Waals surface area contributed by atoms with Crippen LogP contribution in [0.4, 0.5) is 22.5 Å². The smallest absolute Gasteiger partial charge is 0.265 e. The first kappa shape index (κ1) is 20.0. The largest absolute Gasteiger partial charge is 0.356 e. The van der Waals surface area contributed by atoms with Gasteiger partial charge in [0.25, 0.3) is 5.91 Å². The van der Waals surface area contributed by atoms with E-state index in [0.29, 0.717) is 38.9 Å². The number of thiazole rings is 1. The van der Waals surface area contributed by atoms with Gasteiger partial charge in [-0.15, -0.1) is 0 Å².